The first kappa shape index (κ1) is 18.8. The Morgan fingerprint density at radius 2 is 1.93 bits per heavy atom. The first-order valence-corrected chi connectivity index (χ1v) is 8.44. The summed E-state index contributed by atoms with van der Waals surface area (Å²) in [5, 5.41) is 17.2. The van der Waals surface area contributed by atoms with Gasteiger partial charge in [0.05, 0.1) is 12.0 Å². The number of methoxy groups -OCH3 is 1. The summed E-state index contributed by atoms with van der Waals surface area (Å²) in [7, 11) is 1.52. The van der Waals surface area contributed by atoms with Gasteiger partial charge in [-0.2, -0.15) is 0 Å². The van der Waals surface area contributed by atoms with Crippen LogP contribution in [0.5, 0.6) is 5.88 Å². The topological polar surface area (TPSA) is 106 Å². The number of hydrogen-bond donors (Lipinski definition) is 2. The molecule has 2 aromatic carbocycles. The number of nitro groups is 1. The van der Waals surface area contributed by atoms with Gasteiger partial charge in [0.15, 0.2) is 0 Å². The molecule has 0 aliphatic heterocycles. The zero-order valence-corrected chi connectivity index (χ0v) is 15.1. The monoisotopic (exact) mass is 378 g/mol. The highest BCUT2D eigenvalue weighted by Crippen LogP contribution is 2.28. The maximum Gasteiger partial charge on any atom is 0.293 e. The van der Waals surface area contributed by atoms with Gasteiger partial charge in [0, 0.05) is 36.1 Å². The number of amides is 1. The van der Waals surface area contributed by atoms with Crippen LogP contribution in [0.2, 0.25) is 0 Å². The van der Waals surface area contributed by atoms with Crippen LogP contribution in [0.25, 0.3) is 0 Å². The van der Waals surface area contributed by atoms with E-state index in [1.165, 1.54) is 19.2 Å². The zero-order chi connectivity index (χ0) is 19.9. The Labute approximate surface area is 161 Å². The molecule has 1 amide bonds. The van der Waals surface area contributed by atoms with E-state index in [1.54, 1.807) is 36.5 Å². The average molecular weight is 378 g/mol. The highest BCUT2D eigenvalue weighted by atomic mass is 16.6. The predicted molar refractivity (Wildman–Crippen MR) is 105 cm³/mol. The van der Waals surface area contributed by atoms with Gasteiger partial charge in [0.2, 0.25) is 5.88 Å². The molecule has 0 aliphatic rings. The van der Waals surface area contributed by atoms with Gasteiger partial charge in [0.1, 0.15) is 5.69 Å². The van der Waals surface area contributed by atoms with E-state index in [0.717, 1.165) is 11.3 Å². The number of aromatic nitrogens is 1. The summed E-state index contributed by atoms with van der Waals surface area (Å²) in [4.78, 5) is 27.4. The summed E-state index contributed by atoms with van der Waals surface area (Å²) in [6.45, 7) is 0.244. The standard InChI is InChI=1S/C20H18N4O4/c1-28-19-10-7-14(12-21-19)13-22-20(25)15-8-9-17(18(11-15)24(26)27)23-16-5-3-2-4-6-16/h2-12,23H,13H2,1H3,(H,22,25). The van der Waals surface area contributed by atoms with E-state index in [-0.39, 0.29) is 17.8 Å². The second kappa shape index (κ2) is 8.63. The number of carbonyl (C=O) groups is 1. The van der Waals surface area contributed by atoms with E-state index in [0.29, 0.717) is 11.6 Å². The number of carbonyl (C=O) groups excluding carboxylic acids is 1. The molecule has 8 nitrogen and oxygen atoms in total. The lowest BCUT2D eigenvalue weighted by atomic mass is 10.1. The second-order valence-corrected chi connectivity index (χ2v) is 5.87. The number of para-hydroxylation sites is 1. The van der Waals surface area contributed by atoms with E-state index in [4.69, 9.17) is 4.74 Å². The third-order valence-electron chi connectivity index (χ3n) is 3.97. The second-order valence-electron chi connectivity index (χ2n) is 5.87. The van der Waals surface area contributed by atoms with Crippen LogP contribution in [-0.2, 0) is 6.54 Å². The Hall–Kier alpha value is -3.94. The molecule has 0 unspecified atom stereocenters. The maximum absolute atomic E-state index is 12.4. The molecule has 0 aliphatic carbocycles. The van der Waals surface area contributed by atoms with Crippen molar-refractivity contribution >= 4 is 23.0 Å². The van der Waals surface area contributed by atoms with E-state index in [2.05, 4.69) is 15.6 Å². The summed E-state index contributed by atoms with van der Waals surface area (Å²) in [5.41, 5.74) is 1.84. The molecule has 0 saturated heterocycles. The van der Waals surface area contributed by atoms with Crippen LogP contribution in [0, 0.1) is 10.1 Å². The molecular formula is C20H18N4O4. The molecule has 142 valence electrons. The van der Waals surface area contributed by atoms with Gasteiger partial charge >= 0.3 is 0 Å². The number of anilines is 2. The van der Waals surface area contributed by atoms with Crippen molar-refractivity contribution in [2.75, 3.05) is 12.4 Å². The van der Waals surface area contributed by atoms with Gasteiger partial charge in [-0.3, -0.25) is 14.9 Å². The number of pyridine rings is 1. The summed E-state index contributed by atoms with van der Waals surface area (Å²) < 4.78 is 4.99. The highest BCUT2D eigenvalue weighted by Gasteiger charge is 2.18. The van der Waals surface area contributed by atoms with Crippen molar-refractivity contribution < 1.29 is 14.5 Å². The fraction of sp³-hybridized carbons (Fsp3) is 0.100. The van der Waals surface area contributed by atoms with Crippen molar-refractivity contribution in [3.63, 3.8) is 0 Å². The molecule has 0 fully saturated rings. The summed E-state index contributed by atoms with van der Waals surface area (Å²) >= 11 is 0. The molecule has 1 heterocycles. The number of benzene rings is 2. The Balaban J connectivity index is 1.73. The van der Waals surface area contributed by atoms with Gasteiger partial charge in [-0.15, -0.1) is 0 Å². The van der Waals surface area contributed by atoms with Crippen molar-refractivity contribution in [2.24, 2.45) is 0 Å². The third kappa shape index (κ3) is 4.61. The summed E-state index contributed by atoms with van der Waals surface area (Å²) in [5.74, 6) is 0.0670. The molecule has 8 heteroatoms. The van der Waals surface area contributed by atoms with E-state index >= 15 is 0 Å². The summed E-state index contributed by atoms with van der Waals surface area (Å²) in [6.07, 6.45) is 1.59. The Bertz CT molecular complexity index is 975. The van der Waals surface area contributed by atoms with Crippen LogP contribution in [0.15, 0.2) is 66.9 Å². The third-order valence-corrected chi connectivity index (χ3v) is 3.97. The van der Waals surface area contributed by atoms with Crippen LogP contribution in [-0.4, -0.2) is 22.9 Å². The molecule has 2 N–H and O–H groups in total. The Morgan fingerprint density at radius 1 is 1.14 bits per heavy atom. The first-order valence-electron chi connectivity index (χ1n) is 8.44. The summed E-state index contributed by atoms with van der Waals surface area (Å²) in [6, 6.07) is 16.9. The fourth-order valence-corrected chi connectivity index (χ4v) is 2.53. The molecule has 0 saturated carbocycles. The maximum atomic E-state index is 12.4. The lowest BCUT2D eigenvalue weighted by Gasteiger charge is -2.09. The number of ether oxygens (including phenoxy) is 1. The molecule has 0 radical (unpaired) electrons. The van der Waals surface area contributed by atoms with Crippen molar-refractivity contribution in [1.82, 2.24) is 10.3 Å². The lowest BCUT2D eigenvalue weighted by Crippen LogP contribution is -2.23. The van der Waals surface area contributed by atoms with Gasteiger partial charge in [0.25, 0.3) is 11.6 Å². The van der Waals surface area contributed by atoms with E-state index < -0.39 is 10.8 Å². The van der Waals surface area contributed by atoms with Crippen molar-refractivity contribution in [3.8, 4) is 5.88 Å². The normalized spacial score (nSPS) is 10.2. The molecule has 0 atom stereocenters. The van der Waals surface area contributed by atoms with Crippen molar-refractivity contribution in [3.05, 3.63) is 88.1 Å². The number of hydrogen-bond acceptors (Lipinski definition) is 6. The molecule has 0 bridgehead atoms. The fourth-order valence-electron chi connectivity index (χ4n) is 2.53. The SMILES string of the molecule is COc1ccc(CNC(=O)c2ccc(Nc3ccccc3)c([N+](=O)[O-])c2)cn1. The molecule has 3 rings (SSSR count). The van der Waals surface area contributed by atoms with Crippen molar-refractivity contribution in [2.45, 2.75) is 6.54 Å². The Kier molecular flexibility index (Phi) is 5.81. The van der Waals surface area contributed by atoms with Crippen molar-refractivity contribution in [1.29, 1.82) is 0 Å². The van der Waals surface area contributed by atoms with Crippen LogP contribution >= 0.6 is 0 Å². The molecule has 0 spiro atoms. The molecule has 28 heavy (non-hydrogen) atoms. The van der Waals surface area contributed by atoms with Crippen LogP contribution in [0.1, 0.15) is 15.9 Å². The zero-order valence-electron chi connectivity index (χ0n) is 15.1. The minimum atomic E-state index is -0.518. The minimum absolute atomic E-state index is 0.178. The van der Waals surface area contributed by atoms with Crippen LogP contribution in [0.3, 0.4) is 0 Å². The minimum Gasteiger partial charge on any atom is -0.481 e. The number of nitro benzene ring substituents is 1. The van der Waals surface area contributed by atoms with E-state index in [9.17, 15) is 14.9 Å². The van der Waals surface area contributed by atoms with Gasteiger partial charge < -0.3 is 15.4 Å². The van der Waals surface area contributed by atoms with Gasteiger partial charge in [-0.25, -0.2) is 4.98 Å². The smallest absolute Gasteiger partial charge is 0.293 e. The molecular weight excluding hydrogens is 360 g/mol. The van der Waals surface area contributed by atoms with E-state index in [1.807, 2.05) is 18.2 Å². The average Bonchev–Trinajstić information content (AvgIpc) is 2.73. The first-order chi connectivity index (χ1) is 13.6. The Morgan fingerprint density at radius 3 is 2.57 bits per heavy atom. The highest BCUT2D eigenvalue weighted by molar-refractivity contribution is 5.95. The van der Waals surface area contributed by atoms with Crippen LogP contribution in [0.4, 0.5) is 17.1 Å². The molecule has 3 aromatic rings. The van der Waals surface area contributed by atoms with Gasteiger partial charge in [-0.1, -0.05) is 24.3 Å². The number of rotatable bonds is 7. The van der Waals surface area contributed by atoms with Gasteiger partial charge in [-0.05, 0) is 29.8 Å². The lowest BCUT2D eigenvalue weighted by molar-refractivity contribution is -0.383. The number of nitrogens with one attached hydrogen (secondary N) is 2. The number of nitrogens with zero attached hydrogens (tertiary/aromatic N) is 2. The van der Waals surface area contributed by atoms with Crippen LogP contribution < -0.4 is 15.4 Å². The largest absolute Gasteiger partial charge is 0.481 e. The quantitative estimate of drug-likeness (QED) is 0.480. The predicted octanol–water partition coefficient (Wildman–Crippen LogP) is 3.67. The molecule has 1 aromatic heterocycles.